The fourth-order valence-electron chi connectivity index (χ4n) is 2.91. The molecule has 1 fully saturated rings. The first-order chi connectivity index (χ1) is 11.9. The van der Waals surface area contributed by atoms with Gasteiger partial charge < -0.3 is 4.74 Å². The van der Waals surface area contributed by atoms with E-state index in [9.17, 15) is 17.6 Å². The summed E-state index contributed by atoms with van der Waals surface area (Å²) < 4.78 is 45.1. The van der Waals surface area contributed by atoms with Crippen molar-refractivity contribution in [1.82, 2.24) is 9.88 Å². The molecule has 0 saturated carbocycles. The minimum atomic E-state index is -4.20. The second-order valence-corrected chi connectivity index (χ2v) is 9.08. The summed E-state index contributed by atoms with van der Waals surface area (Å²) in [4.78, 5) is 17.5. The number of carbonyl (C=O) groups excluding carboxylic acids is 1. The molecule has 1 saturated heterocycles. The number of hydrogen-bond donors (Lipinski definition) is 0. The highest BCUT2D eigenvalue weighted by Crippen LogP contribution is 2.29. The monoisotopic (exact) mass is 386 g/mol. The summed E-state index contributed by atoms with van der Waals surface area (Å²) in [5.41, 5.74) is -1.60. The highest BCUT2D eigenvalue weighted by Gasteiger charge is 2.38. The van der Waals surface area contributed by atoms with Crippen molar-refractivity contribution in [3.05, 3.63) is 24.3 Å². The van der Waals surface area contributed by atoms with Crippen molar-refractivity contribution in [2.75, 3.05) is 19.7 Å². The SMILES string of the molecule is CCOC(=O)[C@@H]1CCCN1CC(F)S(=O)(=O)c1nc2ccccc2s1. The quantitative estimate of drug-likeness (QED) is 0.710. The minimum absolute atomic E-state index is 0.229. The summed E-state index contributed by atoms with van der Waals surface area (Å²) >= 11 is 0.956. The van der Waals surface area contributed by atoms with Gasteiger partial charge in [-0.15, -0.1) is 11.3 Å². The molecule has 1 aromatic heterocycles. The lowest BCUT2D eigenvalue weighted by Gasteiger charge is -2.23. The molecule has 0 amide bonds. The Hall–Kier alpha value is -1.58. The third-order valence-electron chi connectivity index (χ3n) is 4.15. The van der Waals surface area contributed by atoms with Crippen LogP contribution in [0.25, 0.3) is 10.2 Å². The third kappa shape index (κ3) is 3.68. The van der Waals surface area contributed by atoms with Gasteiger partial charge in [-0.25, -0.2) is 17.8 Å². The van der Waals surface area contributed by atoms with Crippen LogP contribution in [0.2, 0.25) is 0 Å². The molecule has 1 aliphatic heterocycles. The maximum Gasteiger partial charge on any atom is 0.323 e. The number of rotatable bonds is 6. The van der Waals surface area contributed by atoms with E-state index in [4.69, 9.17) is 4.74 Å². The van der Waals surface area contributed by atoms with Gasteiger partial charge in [-0.05, 0) is 38.4 Å². The Balaban J connectivity index is 1.77. The number of aromatic nitrogens is 1. The summed E-state index contributed by atoms with van der Waals surface area (Å²) in [6.45, 7) is 2.06. The molecular formula is C16H19FN2O4S2. The van der Waals surface area contributed by atoms with Crippen LogP contribution >= 0.6 is 11.3 Å². The van der Waals surface area contributed by atoms with Crippen LogP contribution in [0.5, 0.6) is 0 Å². The molecule has 9 heteroatoms. The van der Waals surface area contributed by atoms with E-state index in [1.165, 1.54) is 0 Å². The van der Waals surface area contributed by atoms with E-state index in [0.29, 0.717) is 29.6 Å². The number of fused-ring (bicyclic) bond motifs is 1. The van der Waals surface area contributed by atoms with Gasteiger partial charge in [0.2, 0.25) is 19.7 Å². The predicted molar refractivity (Wildman–Crippen MR) is 92.9 cm³/mol. The number of para-hydroxylation sites is 1. The number of likely N-dealkylation sites (tertiary alicyclic amines) is 1. The van der Waals surface area contributed by atoms with Crippen LogP contribution in [0.15, 0.2) is 28.6 Å². The van der Waals surface area contributed by atoms with Crippen molar-refractivity contribution in [1.29, 1.82) is 0 Å². The number of sulfone groups is 1. The van der Waals surface area contributed by atoms with Gasteiger partial charge in [0.1, 0.15) is 6.04 Å². The lowest BCUT2D eigenvalue weighted by Crippen LogP contribution is -2.42. The van der Waals surface area contributed by atoms with Crippen molar-refractivity contribution >= 4 is 37.4 Å². The number of esters is 1. The Morgan fingerprint density at radius 3 is 2.96 bits per heavy atom. The highest BCUT2D eigenvalue weighted by molar-refractivity contribution is 7.93. The van der Waals surface area contributed by atoms with Crippen molar-refractivity contribution in [3.63, 3.8) is 0 Å². The molecule has 25 heavy (non-hydrogen) atoms. The van der Waals surface area contributed by atoms with Gasteiger partial charge in [0.05, 0.1) is 16.8 Å². The second kappa shape index (κ2) is 7.35. The second-order valence-electron chi connectivity index (χ2n) is 5.81. The Morgan fingerprint density at radius 1 is 1.48 bits per heavy atom. The molecule has 6 nitrogen and oxygen atoms in total. The van der Waals surface area contributed by atoms with Crippen LogP contribution in [0.1, 0.15) is 19.8 Å². The minimum Gasteiger partial charge on any atom is -0.465 e. The molecule has 0 bridgehead atoms. The fraction of sp³-hybridized carbons (Fsp3) is 0.500. The Morgan fingerprint density at radius 2 is 2.24 bits per heavy atom. The number of nitrogens with zero attached hydrogens (tertiary/aromatic N) is 2. The number of alkyl halides is 1. The first-order valence-corrected chi connectivity index (χ1v) is 10.4. The first-order valence-electron chi connectivity index (χ1n) is 8.07. The van der Waals surface area contributed by atoms with Gasteiger partial charge >= 0.3 is 5.97 Å². The average Bonchev–Trinajstić information content (AvgIpc) is 3.21. The molecule has 1 unspecified atom stereocenters. The molecular weight excluding hydrogens is 367 g/mol. The summed E-state index contributed by atoms with van der Waals surface area (Å²) in [5, 5.41) is 0. The topological polar surface area (TPSA) is 76.6 Å². The van der Waals surface area contributed by atoms with Gasteiger partial charge in [0.15, 0.2) is 0 Å². The van der Waals surface area contributed by atoms with Crippen LogP contribution in [-0.4, -0.2) is 55.5 Å². The zero-order chi connectivity index (χ0) is 18.0. The molecule has 1 aromatic carbocycles. The summed E-state index contributed by atoms with van der Waals surface area (Å²) in [5.74, 6) is -0.426. The van der Waals surface area contributed by atoms with Gasteiger partial charge in [0, 0.05) is 6.54 Å². The van der Waals surface area contributed by atoms with Crippen molar-refractivity contribution in [2.45, 2.75) is 35.7 Å². The van der Waals surface area contributed by atoms with Crippen LogP contribution in [0, 0.1) is 0 Å². The maximum absolute atomic E-state index is 14.7. The largest absolute Gasteiger partial charge is 0.465 e. The summed E-state index contributed by atoms with van der Waals surface area (Å²) in [7, 11) is -4.20. The van der Waals surface area contributed by atoms with E-state index in [1.807, 2.05) is 0 Å². The van der Waals surface area contributed by atoms with E-state index < -0.39 is 27.4 Å². The fourth-order valence-corrected chi connectivity index (χ4v) is 5.49. The maximum atomic E-state index is 14.7. The molecule has 0 spiro atoms. The number of carbonyl (C=O) groups is 1. The van der Waals surface area contributed by atoms with E-state index in [-0.39, 0.29) is 17.5 Å². The van der Waals surface area contributed by atoms with E-state index in [0.717, 1.165) is 11.3 Å². The summed E-state index contributed by atoms with van der Waals surface area (Å²) in [6.07, 6.45) is 1.25. The van der Waals surface area contributed by atoms with Crippen LogP contribution in [-0.2, 0) is 19.4 Å². The highest BCUT2D eigenvalue weighted by atomic mass is 32.2. The molecule has 2 aromatic rings. The predicted octanol–water partition coefficient (Wildman–Crippen LogP) is 2.39. The summed E-state index contributed by atoms with van der Waals surface area (Å²) in [6, 6.07) is 6.38. The van der Waals surface area contributed by atoms with Gasteiger partial charge in [-0.3, -0.25) is 9.69 Å². The van der Waals surface area contributed by atoms with Crippen LogP contribution in [0.4, 0.5) is 4.39 Å². The lowest BCUT2D eigenvalue weighted by atomic mass is 10.2. The van der Waals surface area contributed by atoms with E-state index in [2.05, 4.69) is 4.98 Å². The molecule has 2 heterocycles. The first kappa shape index (κ1) is 18.2. The van der Waals surface area contributed by atoms with Crippen molar-refractivity contribution in [3.8, 4) is 0 Å². The zero-order valence-electron chi connectivity index (χ0n) is 13.7. The number of hydrogen-bond acceptors (Lipinski definition) is 7. The van der Waals surface area contributed by atoms with Crippen molar-refractivity contribution in [2.24, 2.45) is 0 Å². The molecule has 0 aliphatic carbocycles. The lowest BCUT2D eigenvalue weighted by molar-refractivity contribution is -0.148. The molecule has 136 valence electrons. The van der Waals surface area contributed by atoms with Gasteiger partial charge in [-0.1, -0.05) is 12.1 Å². The molecule has 3 rings (SSSR count). The number of halogens is 1. The van der Waals surface area contributed by atoms with Gasteiger partial charge in [-0.2, -0.15) is 0 Å². The van der Waals surface area contributed by atoms with E-state index in [1.54, 1.807) is 36.1 Å². The Labute approximate surface area is 149 Å². The number of benzene rings is 1. The van der Waals surface area contributed by atoms with E-state index >= 15 is 0 Å². The van der Waals surface area contributed by atoms with Gasteiger partial charge in [0.25, 0.3) is 0 Å². The molecule has 1 aliphatic rings. The third-order valence-corrected chi connectivity index (χ3v) is 7.33. The molecule has 0 radical (unpaired) electrons. The standard InChI is InChI=1S/C16H19FN2O4S2/c1-2-23-15(20)12-7-5-9-19(12)10-14(17)25(21,22)16-18-11-6-3-4-8-13(11)24-16/h3-4,6,8,12,14H,2,5,7,9-10H2,1H3/t12-,14?/m0/s1. The Kier molecular flexibility index (Phi) is 5.35. The van der Waals surface area contributed by atoms with Crippen LogP contribution < -0.4 is 0 Å². The number of thiazole rings is 1. The molecule has 0 N–H and O–H groups in total. The normalized spacial score (nSPS) is 20.0. The zero-order valence-corrected chi connectivity index (χ0v) is 15.4. The van der Waals surface area contributed by atoms with Crippen molar-refractivity contribution < 1.29 is 22.3 Å². The smallest absolute Gasteiger partial charge is 0.323 e. The average molecular weight is 386 g/mol. The molecule has 2 atom stereocenters. The van der Waals surface area contributed by atoms with Crippen LogP contribution in [0.3, 0.4) is 0 Å². The number of ether oxygens (including phenoxy) is 1. The Bertz CT molecular complexity index is 835.